The van der Waals surface area contributed by atoms with Crippen LogP contribution < -0.4 is 10.9 Å². The van der Waals surface area contributed by atoms with Gasteiger partial charge >= 0.3 is 0 Å². The number of fused-ring (bicyclic) bond motifs is 1. The summed E-state index contributed by atoms with van der Waals surface area (Å²) in [5.74, 6) is -0.111. The van der Waals surface area contributed by atoms with Gasteiger partial charge in [0.2, 0.25) is 5.01 Å². The van der Waals surface area contributed by atoms with Crippen molar-refractivity contribution in [3.63, 3.8) is 0 Å². The first-order chi connectivity index (χ1) is 15.0. The molecule has 2 heterocycles. The van der Waals surface area contributed by atoms with E-state index in [0.717, 1.165) is 5.56 Å². The molecule has 2 aromatic heterocycles. The third-order valence-electron chi connectivity index (χ3n) is 4.51. The van der Waals surface area contributed by atoms with E-state index in [2.05, 4.69) is 25.5 Å². The number of nitrogens with zero attached hydrogens (tertiary/aromatic N) is 4. The van der Waals surface area contributed by atoms with Crippen molar-refractivity contribution in [3.8, 4) is 0 Å². The summed E-state index contributed by atoms with van der Waals surface area (Å²) in [5, 5.41) is 12.2. The first kappa shape index (κ1) is 20.8. The minimum Gasteiger partial charge on any atom is -0.346 e. The monoisotopic (exact) mass is 438 g/mol. The van der Waals surface area contributed by atoms with Gasteiger partial charge in [0, 0.05) is 6.54 Å². The van der Waals surface area contributed by atoms with Crippen LogP contribution in [0.5, 0.6) is 0 Å². The summed E-state index contributed by atoms with van der Waals surface area (Å²) in [6.07, 6.45) is 0. The van der Waals surface area contributed by atoms with Crippen molar-refractivity contribution in [1.82, 2.24) is 30.4 Å². The van der Waals surface area contributed by atoms with Crippen molar-refractivity contribution >= 4 is 28.1 Å². The topological polar surface area (TPSA) is 104 Å². The number of aromatic nitrogens is 4. The first-order valence-electron chi connectivity index (χ1n) is 9.49. The summed E-state index contributed by atoms with van der Waals surface area (Å²) in [5.41, 5.74) is 1.26. The van der Waals surface area contributed by atoms with E-state index in [4.69, 9.17) is 0 Å². The molecule has 158 valence electrons. The maximum atomic E-state index is 13.0. The van der Waals surface area contributed by atoms with Crippen molar-refractivity contribution < 1.29 is 9.18 Å². The molecule has 0 bridgehead atoms. The van der Waals surface area contributed by atoms with Gasteiger partial charge in [-0.25, -0.2) is 9.37 Å². The molecule has 4 aromatic rings. The zero-order chi connectivity index (χ0) is 21.8. The maximum Gasteiger partial charge on any atom is 0.282 e. The molecule has 0 aliphatic carbocycles. The smallest absolute Gasteiger partial charge is 0.282 e. The van der Waals surface area contributed by atoms with Gasteiger partial charge in [0.25, 0.3) is 11.5 Å². The van der Waals surface area contributed by atoms with Crippen LogP contribution in [0.15, 0.2) is 53.3 Å². The molecular formula is C21H19FN6O2S. The Labute approximate surface area is 180 Å². The molecule has 2 aromatic carbocycles. The van der Waals surface area contributed by atoms with Crippen LogP contribution >= 0.6 is 11.3 Å². The highest BCUT2D eigenvalue weighted by molar-refractivity contribution is 7.13. The number of carbonyl (C=O) groups is 1. The van der Waals surface area contributed by atoms with E-state index in [9.17, 15) is 14.0 Å². The normalized spacial score (nSPS) is 11.2. The lowest BCUT2D eigenvalue weighted by molar-refractivity contribution is 0.0950. The quantitative estimate of drug-likeness (QED) is 0.459. The Balaban J connectivity index is 1.35. The number of hydrogen-bond acceptors (Lipinski definition) is 7. The van der Waals surface area contributed by atoms with Crippen LogP contribution in [0.3, 0.4) is 0 Å². The summed E-state index contributed by atoms with van der Waals surface area (Å²) >= 11 is 1.19. The molecule has 31 heavy (non-hydrogen) atoms. The molecule has 0 saturated heterocycles. The number of benzene rings is 2. The number of rotatable bonds is 7. The van der Waals surface area contributed by atoms with Crippen LogP contribution in [0.25, 0.3) is 10.9 Å². The highest BCUT2D eigenvalue weighted by Gasteiger charge is 2.14. The Kier molecular flexibility index (Phi) is 6.10. The Morgan fingerprint density at radius 2 is 1.90 bits per heavy atom. The van der Waals surface area contributed by atoms with Crippen molar-refractivity contribution in [2.75, 3.05) is 7.05 Å². The van der Waals surface area contributed by atoms with Crippen LogP contribution in [0.4, 0.5) is 4.39 Å². The zero-order valence-corrected chi connectivity index (χ0v) is 17.4. The van der Waals surface area contributed by atoms with Crippen LogP contribution in [-0.4, -0.2) is 38.0 Å². The van der Waals surface area contributed by atoms with Crippen molar-refractivity contribution in [2.45, 2.75) is 19.6 Å². The summed E-state index contributed by atoms with van der Waals surface area (Å²) in [6, 6.07) is 13.1. The first-order valence-corrected chi connectivity index (χ1v) is 10.3. The summed E-state index contributed by atoms with van der Waals surface area (Å²) < 4.78 is 13.0. The lowest BCUT2D eigenvalue weighted by Crippen LogP contribution is -2.22. The number of aromatic amines is 1. The van der Waals surface area contributed by atoms with E-state index in [-0.39, 0.29) is 28.8 Å². The van der Waals surface area contributed by atoms with Crippen LogP contribution in [0.1, 0.15) is 26.2 Å². The maximum absolute atomic E-state index is 13.0. The van der Waals surface area contributed by atoms with Gasteiger partial charge in [0.15, 0.2) is 0 Å². The largest absolute Gasteiger partial charge is 0.346 e. The Morgan fingerprint density at radius 3 is 2.71 bits per heavy atom. The molecule has 8 nitrogen and oxygen atoms in total. The standard InChI is InChI=1S/C21H19FN6O2S/c1-28(11-17-24-16-5-3-2-4-15(16)19(29)25-17)12-18-26-27-21(31-18)20(30)23-10-13-6-8-14(22)9-7-13/h2-9H,10-12H2,1H3,(H,23,30)(H,24,25,29). The fourth-order valence-corrected chi connectivity index (χ4v) is 3.86. The summed E-state index contributed by atoms with van der Waals surface area (Å²) in [6.45, 7) is 1.13. The molecule has 4 rings (SSSR count). The molecule has 10 heteroatoms. The Bertz CT molecular complexity index is 1270. The molecule has 0 aliphatic rings. The SMILES string of the molecule is CN(Cc1nc2ccccc2c(=O)[nH]1)Cc1nnc(C(=O)NCc2ccc(F)cc2)s1. The lowest BCUT2D eigenvalue weighted by Gasteiger charge is -2.14. The number of amides is 1. The van der Waals surface area contributed by atoms with E-state index < -0.39 is 0 Å². The molecule has 0 saturated carbocycles. The van der Waals surface area contributed by atoms with Crippen molar-refractivity contribution in [2.24, 2.45) is 0 Å². The van der Waals surface area contributed by atoms with E-state index in [1.54, 1.807) is 30.3 Å². The Morgan fingerprint density at radius 1 is 1.13 bits per heavy atom. The minimum atomic E-state index is -0.337. The molecule has 0 unspecified atom stereocenters. The molecule has 1 amide bonds. The summed E-state index contributed by atoms with van der Waals surface area (Å²) in [4.78, 5) is 33.7. The lowest BCUT2D eigenvalue weighted by atomic mass is 10.2. The second-order valence-corrected chi connectivity index (χ2v) is 8.07. The van der Waals surface area contributed by atoms with Gasteiger partial charge in [0.05, 0.1) is 24.0 Å². The highest BCUT2D eigenvalue weighted by atomic mass is 32.1. The van der Waals surface area contributed by atoms with Gasteiger partial charge in [-0.15, -0.1) is 10.2 Å². The minimum absolute atomic E-state index is 0.176. The molecule has 0 fully saturated rings. The summed E-state index contributed by atoms with van der Waals surface area (Å²) in [7, 11) is 1.87. The van der Waals surface area contributed by atoms with Gasteiger partial charge < -0.3 is 10.3 Å². The van der Waals surface area contributed by atoms with Crippen LogP contribution in [0, 0.1) is 5.82 Å². The van der Waals surface area contributed by atoms with Crippen LogP contribution in [0.2, 0.25) is 0 Å². The number of halogens is 1. The van der Waals surface area contributed by atoms with Crippen molar-refractivity contribution in [1.29, 1.82) is 0 Å². The predicted molar refractivity (Wildman–Crippen MR) is 115 cm³/mol. The number of nitrogens with one attached hydrogen (secondary N) is 2. The van der Waals surface area contributed by atoms with Crippen molar-refractivity contribution in [3.05, 3.63) is 86.1 Å². The fourth-order valence-electron chi connectivity index (χ4n) is 3.02. The van der Waals surface area contributed by atoms with Crippen LogP contribution in [-0.2, 0) is 19.6 Å². The highest BCUT2D eigenvalue weighted by Crippen LogP contribution is 2.13. The third kappa shape index (κ3) is 5.16. The van der Waals surface area contributed by atoms with E-state index in [0.29, 0.717) is 34.8 Å². The van der Waals surface area contributed by atoms with Gasteiger partial charge in [0.1, 0.15) is 16.6 Å². The molecular weight excluding hydrogens is 419 g/mol. The zero-order valence-electron chi connectivity index (χ0n) is 16.6. The second kappa shape index (κ2) is 9.11. The molecule has 0 radical (unpaired) electrons. The van der Waals surface area contributed by atoms with E-state index in [1.165, 1.54) is 23.5 Å². The predicted octanol–water partition coefficient (Wildman–Crippen LogP) is 2.48. The number of H-pyrrole nitrogens is 1. The number of hydrogen-bond donors (Lipinski definition) is 2. The number of carbonyl (C=O) groups excluding carboxylic acids is 1. The van der Waals surface area contributed by atoms with Gasteiger partial charge in [-0.2, -0.15) is 0 Å². The third-order valence-corrected chi connectivity index (χ3v) is 5.42. The van der Waals surface area contributed by atoms with Gasteiger partial charge in [-0.1, -0.05) is 35.6 Å². The van der Waals surface area contributed by atoms with Gasteiger partial charge in [-0.05, 0) is 36.9 Å². The number of para-hydroxylation sites is 1. The van der Waals surface area contributed by atoms with E-state index in [1.807, 2.05) is 18.0 Å². The average molecular weight is 438 g/mol. The molecule has 0 spiro atoms. The Hall–Kier alpha value is -3.50. The van der Waals surface area contributed by atoms with Gasteiger partial charge in [-0.3, -0.25) is 14.5 Å². The fraction of sp³-hybridized carbons (Fsp3) is 0.190. The van der Waals surface area contributed by atoms with E-state index >= 15 is 0 Å². The molecule has 2 N–H and O–H groups in total. The molecule has 0 atom stereocenters. The molecule has 0 aliphatic heterocycles. The average Bonchev–Trinajstić information content (AvgIpc) is 3.21. The second-order valence-electron chi connectivity index (χ2n) is 7.01.